The van der Waals surface area contributed by atoms with Gasteiger partial charge in [-0.15, -0.1) is 5.06 Å². The standard InChI is InChI=1S/C25H32N2O6/c1-17(2)14-21-24(29)27(33-16-31-3)25(30)22(23(28)19-8-6-5-7-9-19)26(21)15-18-10-12-20(32-4)13-11-18/h5-13,17,21-23,28H,14-16H2,1-4H3/t21-,22-,23+/m0/s1. The molecular weight excluding hydrogens is 424 g/mol. The molecule has 178 valence electrons. The van der Waals surface area contributed by atoms with Crippen LogP contribution in [0.4, 0.5) is 0 Å². The lowest BCUT2D eigenvalue weighted by molar-refractivity contribution is -0.238. The lowest BCUT2D eigenvalue weighted by Gasteiger charge is -2.45. The van der Waals surface area contributed by atoms with Crippen LogP contribution in [0.3, 0.4) is 0 Å². The Balaban J connectivity index is 2.04. The van der Waals surface area contributed by atoms with Crippen molar-refractivity contribution >= 4 is 11.8 Å². The summed E-state index contributed by atoms with van der Waals surface area (Å²) in [6.45, 7) is 4.07. The highest BCUT2D eigenvalue weighted by Gasteiger charge is 2.50. The van der Waals surface area contributed by atoms with Crippen molar-refractivity contribution in [1.29, 1.82) is 0 Å². The highest BCUT2D eigenvalue weighted by Crippen LogP contribution is 2.33. The van der Waals surface area contributed by atoms with Gasteiger partial charge >= 0.3 is 0 Å². The number of rotatable bonds is 10. The van der Waals surface area contributed by atoms with Crippen LogP contribution in [0.5, 0.6) is 5.75 Å². The Kier molecular flexibility index (Phi) is 8.57. The van der Waals surface area contributed by atoms with Crippen molar-refractivity contribution in [3.8, 4) is 5.75 Å². The summed E-state index contributed by atoms with van der Waals surface area (Å²) >= 11 is 0. The highest BCUT2D eigenvalue weighted by atomic mass is 16.8. The predicted octanol–water partition coefficient (Wildman–Crippen LogP) is 2.92. The van der Waals surface area contributed by atoms with Crippen molar-refractivity contribution in [1.82, 2.24) is 9.96 Å². The first-order valence-corrected chi connectivity index (χ1v) is 11.0. The second kappa shape index (κ2) is 11.4. The van der Waals surface area contributed by atoms with E-state index in [-0.39, 0.29) is 12.7 Å². The summed E-state index contributed by atoms with van der Waals surface area (Å²) in [7, 11) is 3.01. The quantitative estimate of drug-likeness (QED) is 0.434. The van der Waals surface area contributed by atoms with E-state index in [0.717, 1.165) is 10.6 Å². The minimum Gasteiger partial charge on any atom is -0.497 e. The van der Waals surface area contributed by atoms with Gasteiger partial charge in [0.15, 0.2) is 6.79 Å². The highest BCUT2D eigenvalue weighted by molar-refractivity contribution is 6.02. The summed E-state index contributed by atoms with van der Waals surface area (Å²) < 4.78 is 10.2. The molecule has 0 unspecified atom stereocenters. The number of methoxy groups -OCH3 is 2. The number of ether oxygens (including phenoxy) is 2. The molecule has 0 aliphatic carbocycles. The van der Waals surface area contributed by atoms with Crippen molar-refractivity contribution in [2.45, 2.75) is 45.0 Å². The molecule has 3 atom stereocenters. The molecule has 2 amide bonds. The first kappa shape index (κ1) is 24.9. The van der Waals surface area contributed by atoms with Crippen LogP contribution in [0, 0.1) is 5.92 Å². The van der Waals surface area contributed by atoms with E-state index in [1.807, 2.05) is 44.2 Å². The van der Waals surface area contributed by atoms with E-state index in [1.165, 1.54) is 7.11 Å². The van der Waals surface area contributed by atoms with Crippen molar-refractivity contribution in [2.75, 3.05) is 21.0 Å². The number of carbonyl (C=O) groups is 2. The number of imide groups is 1. The Hall–Kier alpha value is -2.78. The molecule has 1 aliphatic heterocycles. The Bertz CT molecular complexity index is 918. The van der Waals surface area contributed by atoms with Gasteiger partial charge in [-0.2, -0.15) is 0 Å². The topological polar surface area (TPSA) is 88.5 Å². The number of piperazine rings is 1. The number of nitrogens with zero attached hydrogens (tertiary/aromatic N) is 2. The number of hydroxylamine groups is 2. The molecule has 2 aromatic carbocycles. The zero-order valence-corrected chi connectivity index (χ0v) is 19.5. The van der Waals surface area contributed by atoms with Crippen LogP contribution >= 0.6 is 0 Å². The minimum atomic E-state index is -1.16. The first-order valence-electron chi connectivity index (χ1n) is 11.0. The van der Waals surface area contributed by atoms with Gasteiger partial charge in [0.25, 0.3) is 11.8 Å². The van der Waals surface area contributed by atoms with E-state index in [1.54, 1.807) is 36.3 Å². The van der Waals surface area contributed by atoms with Crippen LogP contribution in [0.1, 0.15) is 37.5 Å². The molecular formula is C25H32N2O6. The van der Waals surface area contributed by atoms with Gasteiger partial charge in [-0.3, -0.25) is 14.5 Å². The zero-order chi connectivity index (χ0) is 24.0. The van der Waals surface area contributed by atoms with Crippen molar-refractivity contribution in [2.24, 2.45) is 5.92 Å². The molecule has 3 rings (SSSR count). The van der Waals surface area contributed by atoms with Crippen LogP contribution in [0.25, 0.3) is 0 Å². The maximum atomic E-state index is 13.5. The summed E-state index contributed by atoms with van der Waals surface area (Å²) in [4.78, 5) is 34.0. The molecule has 8 heteroatoms. The first-order chi connectivity index (χ1) is 15.9. The van der Waals surface area contributed by atoms with Gasteiger partial charge in [-0.1, -0.05) is 56.3 Å². The van der Waals surface area contributed by atoms with Crippen molar-refractivity contribution in [3.05, 3.63) is 65.7 Å². The molecule has 8 nitrogen and oxygen atoms in total. The minimum absolute atomic E-state index is 0.171. The molecule has 0 spiro atoms. The van der Waals surface area contributed by atoms with E-state index in [0.29, 0.717) is 24.3 Å². The molecule has 0 aromatic heterocycles. The fourth-order valence-corrected chi connectivity index (χ4v) is 4.06. The molecule has 0 bridgehead atoms. The molecule has 0 saturated carbocycles. The van der Waals surface area contributed by atoms with Crippen LogP contribution in [-0.2, 0) is 25.7 Å². The van der Waals surface area contributed by atoms with E-state index in [4.69, 9.17) is 14.3 Å². The molecule has 2 aromatic rings. The van der Waals surface area contributed by atoms with Crippen LogP contribution < -0.4 is 4.74 Å². The normalized spacial score (nSPS) is 20.4. The summed E-state index contributed by atoms with van der Waals surface area (Å²) in [5, 5.41) is 12.1. The Morgan fingerprint density at radius 1 is 0.970 bits per heavy atom. The molecule has 0 radical (unpaired) electrons. The number of carbonyl (C=O) groups excluding carboxylic acids is 2. The fourth-order valence-electron chi connectivity index (χ4n) is 4.06. The van der Waals surface area contributed by atoms with Gasteiger partial charge < -0.3 is 14.6 Å². The number of aliphatic hydroxyl groups excluding tert-OH is 1. The summed E-state index contributed by atoms with van der Waals surface area (Å²) in [6.07, 6.45) is -0.666. The Labute approximate surface area is 194 Å². The number of hydrogen-bond donors (Lipinski definition) is 1. The second-order valence-electron chi connectivity index (χ2n) is 8.47. The van der Waals surface area contributed by atoms with Crippen molar-refractivity contribution < 1.29 is 29.0 Å². The third-order valence-electron chi connectivity index (χ3n) is 5.65. The number of amides is 2. The van der Waals surface area contributed by atoms with E-state index >= 15 is 0 Å². The lowest BCUT2D eigenvalue weighted by atomic mass is 9.91. The van der Waals surface area contributed by atoms with E-state index in [2.05, 4.69) is 0 Å². The average Bonchev–Trinajstić information content (AvgIpc) is 2.82. The number of hydrogen-bond acceptors (Lipinski definition) is 7. The number of aliphatic hydroxyl groups is 1. The van der Waals surface area contributed by atoms with Crippen LogP contribution in [0.2, 0.25) is 0 Å². The molecule has 1 saturated heterocycles. The summed E-state index contributed by atoms with van der Waals surface area (Å²) in [5.74, 6) is -0.203. The third kappa shape index (κ3) is 5.78. The van der Waals surface area contributed by atoms with Crippen LogP contribution in [0.15, 0.2) is 54.6 Å². The predicted molar refractivity (Wildman–Crippen MR) is 122 cm³/mol. The molecule has 1 N–H and O–H groups in total. The number of benzene rings is 2. The van der Waals surface area contributed by atoms with E-state index < -0.39 is 30.0 Å². The average molecular weight is 457 g/mol. The van der Waals surface area contributed by atoms with Gasteiger partial charge in [0, 0.05) is 13.7 Å². The lowest BCUT2D eigenvalue weighted by Crippen LogP contribution is -2.66. The summed E-state index contributed by atoms with van der Waals surface area (Å²) in [5.41, 5.74) is 1.47. The Morgan fingerprint density at radius 3 is 2.21 bits per heavy atom. The molecule has 33 heavy (non-hydrogen) atoms. The molecule has 1 heterocycles. The zero-order valence-electron chi connectivity index (χ0n) is 19.5. The van der Waals surface area contributed by atoms with Crippen LogP contribution in [-0.4, -0.2) is 60.0 Å². The van der Waals surface area contributed by atoms with Gasteiger partial charge in [-0.25, -0.2) is 4.84 Å². The maximum Gasteiger partial charge on any atom is 0.274 e. The maximum absolute atomic E-state index is 13.5. The monoisotopic (exact) mass is 456 g/mol. The smallest absolute Gasteiger partial charge is 0.274 e. The van der Waals surface area contributed by atoms with E-state index in [9.17, 15) is 14.7 Å². The summed E-state index contributed by atoms with van der Waals surface area (Å²) in [6, 6.07) is 14.7. The van der Waals surface area contributed by atoms with Gasteiger partial charge in [0.05, 0.1) is 13.2 Å². The van der Waals surface area contributed by atoms with Gasteiger partial charge in [-0.05, 0) is 35.6 Å². The SMILES string of the molecule is COCON1C(=O)[C@H]([C@H](O)c2ccccc2)N(Cc2ccc(OC)cc2)[C@@H](CC(C)C)C1=O. The van der Waals surface area contributed by atoms with Crippen molar-refractivity contribution in [3.63, 3.8) is 0 Å². The Morgan fingerprint density at radius 2 is 1.64 bits per heavy atom. The van der Waals surface area contributed by atoms with Gasteiger partial charge in [0.2, 0.25) is 0 Å². The molecule has 1 fully saturated rings. The molecule has 1 aliphatic rings. The third-order valence-corrected chi connectivity index (χ3v) is 5.65. The fraction of sp³-hybridized carbons (Fsp3) is 0.440. The second-order valence-corrected chi connectivity index (χ2v) is 8.47. The largest absolute Gasteiger partial charge is 0.497 e. The van der Waals surface area contributed by atoms with Gasteiger partial charge in [0.1, 0.15) is 17.9 Å².